The zero-order valence-corrected chi connectivity index (χ0v) is 21.2. The molecule has 0 saturated heterocycles. The maximum atomic E-state index is 13.1. The lowest BCUT2D eigenvalue weighted by atomic mass is 10.0. The summed E-state index contributed by atoms with van der Waals surface area (Å²) >= 11 is 6.53. The lowest BCUT2D eigenvalue weighted by molar-refractivity contribution is -0.137. The Morgan fingerprint density at radius 3 is 2.33 bits per heavy atom. The lowest BCUT2D eigenvalue weighted by Crippen LogP contribution is -2.46. The van der Waals surface area contributed by atoms with Crippen LogP contribution in [0.2, 0.25) is 0 Å². The average molecular weight is 525 g/mol. The fourth-order valence-corrected chi connectivity index (χ4v) is 5.47. The van der Waals surface area contributed by atoms with Crippen molar-refractivity contribution in [3.63, 3.8) is 0 Å². The van der Waals surface area contributed by atoms with Crippen molar-refractivity contribution < 1.29 is 24.2 Å². The Balaban J connectivity index is 1.45. The van der Waals surface area contributed by atoms with Crippen LogP contribution in [0.1, 0.15) is 34.4 Å². The van der Waals surface area contributed by atoms with Gasteiger partial charge >= 0.3 is 12.0 Å². The minimum Gasteiger partial charge on any atom is -0.481 e. The molecule has 3 N–H and O–H groups in total. The number of carbonyl (C=O) groups is 2. The van der Waals surface area contributed by atoms with Gasteiger partial charge in [-0.15, -0.1) is 0 Å². The molecule has 2 amide bonds. The number of aliphatic carboxylic acids is 1. The van der Waals surface area contributed by atoms with E-state index in [4.69, 9.17) is 22.1 Å². The molecule has 0 spiro atoms. The van der Waals surface area contributed by atoms with Gasteiger partial charge in [-0.05, 0) is 28.8 Å². The average Bonchev–Trinajstić information content (AvgIpc) is 3.36. The van der Waals surface area contributed by atoms with Crippen LogP contribution in [0, 0.1) is 0 Å². The van der Waals surface area contributed by atoms with Crippen LogP contribution in [-0.2, 0) is 10.5 Å². The molecule has 1 aliphatic heterocycles. The highest BCUT2D eigenvalue weighted by Gasteiger charge is 2.26. The number of carboxylic acid groups (broad SMARTS) is 1. The fourth-order valence-electron chi connectivity index (χ4n) is 3.90. The predicted octanol–water partition coefficient (Wildman–Crippen LogP) is 5.20. The van der Waals surface area contributed by atoms with Gasteiger partial charge in [-0.1, -0.05) is 66.7 Å². The number of fused-ring (bicyclic) bond motifs is 1. The van der Waals surface area contributed by atoms with E-state index in [0.717, 1.165) is 11.3 Å². The molecule has 0 aromatic heterocycles. The first-order valence-corrected chi connectivity index (χ1v) is 13.2. The van der Waals surface area contributed by atoms with Crippen LogP contribution in [-0.4, -0.2) is 35.7 Å². The van der Waals surface area contributed by atoms with Crippen LogP contribution >= 0.6 is 24.4 Å². The number of amides is 2. The highest BCUT2D eigenvalue weighted by molar-refractivity contribution is 7.98. The number of thiol groups is 1. The summed E-state index contributed by atoms with van der Waals surface area (Å²) in [7, 11) is 0. The first-order valence-electron chi connectivity index (χ1n) is 11.5. The molecule has 3 aromatic rings. The van der Waals surface area contributed by atoms with Gasteiger partial charge < -0.3 is 25.2 Å². The first kappa shape index (κ1) is 25.8. The predicted molar refractivity (Wildman–Crippen MR) is 144 cm³/mol. The molecule has 0 saturated carbocycles. The van der Waals surface area contributed by atoms with E-state index in [-0.39, 0.29) is 24.5 Å². The molecular weight excluding hydrogens is 496 g/mol. The van der Waals surface area contributed by atoms with Crippen molar-refractivity contribution in [3.8, 4) is 11.5 Å². The number of urea groups is 1. The minimum atomic E-state index is -1.02. The minimum absolute atomic E-state index is 0.113. The molecule has 1 heterocycles. The fraction of sp³-hybridized carbons (Fsp3) is 0.259. The second-order valence-corrected chi connectivity index (χ2v) is 9.93. The topological polar surface area (TPSA) is 96.9 Å². The highest BCUT2D eigenvalue weighted by atomic mass is 32.2. The number of hydrogen-bond acceptors (Lipinski definition) is 6. The molecule has 4 rings (SSSR count). The Kier molecular flexibility index (Phi) is 9.02. The summed E-state index contributed by atoms with van der Waals surface area (Å²) in [6.07, 6.45) is -0.274. The lowest BCUT2D eigenvalue weighted by Gasteiger charge is -2.26. The summed E-state index contributed by atoms with van der Waals surface area (Å²) < 4.78 is 10.8. The molecule has 0 bridgehead atoms. The van der Waals surface area contributed by atoms with Gasteiger partial charge in [0.1, 0.15) is 0 Å². The van der Waals surface area contributed by atoms with Gasteiger partial charge in [-0.25, -0.2) is 4.79 Å². The third-order valence-corrected chi connectivity index (χ3v) is 7.52. The van der Waals surface area contributed by atoms with E-state index in [2.05, 4.69) is 22.8 Å². The van der Waals surface area contributed by atoms with Gasteiger partial charge in [0.25, 0.3) is 0 Å². The molecule has 1 aliphatic rings. The molecule has 2 unspecified atom stereocenters. The van der Waals surface area contributed by atoms with E-state index < -0.39 is 18.0 Å². The molecule has 0 aliphatic carbocycles. The SMILES string of the molecule is O=C(O)CC(NC(=O)NC(CSCc1ccccc1)[C@@H](S)c1ccccc1)c1ccc2c(c1)OCO2. The first-order chi connectivity index (χ1) is 17.5. The Morgan fingerprint density at radius 2 is 1.61 bits per heavy atom. The third kappa shape index (κ3) is 7.11. The summed E-state index contributed by atoms with van der Waals surface area (Å²) in [5, 5.41) is 15.1. The van der Waals surface area contributed by atoms with E-state index in [1.54, 1.807) is 30.0 Å². The van der Waals surface area contributed by atoms with E-state index in [1.165, 1.54) is 5.56 Å². The summed E-state index contributed by atoms with van der Waals surface area (Å²) in [5.74, 6) is 1.52. The quantitative estimate of drug-likeness (QED) is 0.257. The molecule has 188 valence electrons. The molecule has 0 radical (unpaired) electrons. The van der Waals surface area contributed by atoms with E-state index in [1.807, 2.05) is 48.5 Å². The smallest absolute Gasteiger partial charge is 0.315 e. The van der Waals surface area contributed by atoms with Crippen LogP contribution in [0.15, 0.2) is 78.9 Å². The Hall–Kier alpha value is -3.30. The van der Waals surface area contributed by atoms with Crippen LogP contribution < -0.4 is 20.1 Å². The van der Waals surface area contributed by atoms with Gasteiger partial charge in [0.2, 0.25) is 6.79 Å². The molecule has 9 heteroatoms. The number of carboxylic acids is 1. The number of thioether (sulfide) groups is 1. The molecule has 3 aromatic carbocycles. The van der Waals surface area contributed by atoms with Gasteiger partial charge in [0.15, 0.2) is 11.5 Å². The summed E-state index contributed by atoms with van der Waals surface area (Å²) in [6, 6.07) is 23.5. The third-order valence-electron chi connectivity index (χ3n) is 5.73. The largest absolute Gasteiger partial charge is 0.481 e. The number of rotatable bonds is 11. The van der Waals surface area contributed by atoms with Crippen LogP contribution in [0.4, 0.5) is 4.79 Å². The zero-order chi connectivity index (χ0) is 25.3. The standard InChI is InChI=1S/C27H28N2O5S2/c30-25(31)14-21(20-11-12-23-24(13-20)34-17-33-23)28-27(32)29-22(26(35)19-9-5-2-6-10-19)16-36-15-18-7-3-1-4-8-18/h1-13,21-22,26,35H,14-17H2,(H,30,31)(H2,28,29,32)/t21?,22?,26-/m0/s1. The van der Waals surface area contributed by atoms with Crippen molar-refractivity contribution in [2.24, 2.45) is 0 Å². The maximum absolute atomic E-state index is 13.1. The van der Waals surface area contributed by atoms with Crippen LogP contribution in [0.3, 0.4) is 0 Å². The number of hydrogen-bond donors (Lipinski definition) is 4. The van der Waals surface area contributed by atoms with Crippen molar-refractivity contribution in [1.82, 2.24) is 10.6 Å². The Labute approximate surface area is 220 Å². The molecule has 36 heavy (non-hydrogen) atoms. The Bertz CT molecular complexity index is 1160. The van der Waals surface area contributed by atoms with Gasteiger partial charge in [-0.3, -0.25) is 4.79 Å². The summed E-state index contributed by atoms with van der Waals surface area (Å²) in [5.41, 5.74) is 2.81. The number of benzene rings is 3. The van der Waals surface area contributed by atoms with Crippen molar-refractivity contribution in [2.75, 3.05) is 12.5 Å². The number of nitrogens with one attached hydrogen (secondary N) is 2. The summed E-state index contributed by atoms with van der Waals surface area (Å²) in [4.78, 5) is 24.7. The van der Waals surface area contributed by atoms with E-state index in [9.17, 15) is 14.7 Å². The van der Waals surface area contributed by atoms with Gasteiger partial charge in [-0.2, -0.15) is 24.4 Å². The maximum Gasteiger partial charge on any atom is 0.315 e. The number of carbonyl (C=O) groups excluding carboxylic acids is 1. The molecular formula is C27H28N2O5S2. The summed E-state index contributed by atoms with van der Waals surface area (Å²) in [6.45, 7) is 0.113. The molecule has 7 nitrogen and oxygen atoms in total. The van der Waals surface area contributed by atoms with Crippen molar-refractivity contribution in [3.05, 3.63) is 95.6 Å². The van der Waals surface area contributed by atoms with E-state index in [0.29, 0.717) is 22.8 Å². The van der Waals surface area contributed by atoms with Crippen molar-refractivity contribution in [1.29, 1.82) is 0 Å². The molecule has 0 fully saturated rings. The normalized spacial score (nSPS) is 14.5. The van der Waals surface area contributed by atoms with E-state index >= 15 is 0 Å². The highest BCUT2D eigenvalue weighted by Crippen LogP contribution is 2.35. The monoisotopic (exact) mass is 524 g/mol. The van der Waals surface area contributed by atoms with Crippen LogP contribution in [0.5, 0.6) is 11.5 Å². The second kappa shape index (κ2) is 12.6. The molecule has 3 atom stereocenters. The van der Waals surface area contributed by atoms with Gasteiger partial charge in [0.05, 0.1) is 18.5 Å². The zero-order valence-electron chi connectivity index (χ0n) is 19.5. The van der Waals surface area contributed by atoms with Gasteiger partial charge in [0, 0.05) is 16.8 Å². The Morgan fingerprint density at radius 1 is 0.917 bits per heavy atom. The number of ether oxygens (including phenoxy) is 2. The van der Waals surface area contributed by atoms with Crippen molar-refractivity contribution >= 4 is 36.4 Å². The van der Waals surface area contributed by atoms with Crippen LogP contribution in [0.25, 0.3) is 0 Å². The second-order valence-electron chi connectivity index (χ2n) is 8.34. The van der Waals surface area contributed by atoms with Crippen molar-refractivity contribution in [2.45, 2.75) is 29.5 Å².